The van der Waals surface area contributed by atoms with Gasteiger partial charge in [-0.3, -0.25) is 4.79 Å². The third-order valence-electron chi connectivity index (χ3n) is 2.92. The molecule has 1 N–H and O–H groups in total. The van der Waals surface area contributed by atoms with Crippen LogP contribution in [0.15, 0.2) is 18.2 Å². The maximum Gasteiger partial charge on any atom is 0.221 e. The number of anilines is 1. The quantitative estimate of drug-likeness (QED) is 0.699. The summed E-state index contributed by atoms with van der Waals surface area (Å²) in [5, 5.41) is 2.84. The molecule has 0 atom stereocenters. The molecule has 80 valence electrons. The molecule has 0 spiro atoms. The van der Waals surface area contributed by atoms with Crippen LogP contribution in [0, 0.1) is 0 Å². The Hall–Kier alpha value is -1.31. The van der Waals surface area contributed by atoms with E-state index in [4.69, 9.17) is 0 Å². The van der Waals surface area contributed by atoms with Crippen LogP contribution in [0.2, 0.25) is 0 Å². The zero-order valence-corrected chi connectivity index (χ0v) is 9.18. The Labute approximate surface area is 90.7 Å². The van der Waals surface area contributed by atoms with Gasteiger partial charge >= 0.3 is 0 Å². The number of fused-ring (bicyclic) bond motifs is 1. The predicted octanol–water partition coefficient (Wildman–Crippen LogP) is 2.91. The molecule has 2 nitrogen and oxygen atoms in total. The van der Waals surface area contributed by atoms with Crippen LogP contribution >= 0.6 is 0 Å². The lowest BCUT2D eigenvalue weighted by Crippen LogP contribution is -2.06. The highest BCUT2D eigenvalue weighted by atomic mass is 16.1. The van der Waals surface area contributed by atoms with Crippen LogP contribution in [0.25, 0.3) is 0 Å². The molecule has 2 heteroatoms. The highest BCUT2D eigenvalue weighted by molar-refractivity contribution is 5.88. The molecule has 1 amide bonds. The van der Waals surface area contributed by atoms with Crippen LogP contribution in [0.5, 0.6) is 0 Å². The van der Waals surface area contributed by atoms with Crippen LogP contribution in [0.1, 0.15) is 37.3 Å². The summed E-state index contributed by atoms with van der Waals surface area (Å²) in [6.45, 7) is 1.55. The first-order chi connectivity index (χ1) is 7.25. The fourth-order valence-corrected chi connectivity index (χ4v) is 2.19. The zero-order valence-electron chi connectivity index (χ0n) is 9.18. The largest absolute Gasteiger partial charge is 0.326 e. The smallest absolute Gasteiger partial charge is 0.221 e. The first kappa shape index (κ1) is 10.2. The lowest BCUT2D eigenvalue weighted by Gasteiger charge is -2.08. The number of amides is 1. The Morgan fingerprint density at radius 3 is 2.60 bits per heavy atom. The third-order valence-corrected chi connectivity index (χ3v) is 2.92. The van der Waals surface area contributed by atoms with Gasteiger partial charge in [0.1, 0.15) is 0 Å². The average molecular weight is 203 g/mol. The number of hydrogen-bond donors (Lipinski definition) is 1. The second-order valence-corrected chi connectivity index (χ2v) is 4.23. The van der Waals surface area contributed by atoms with Gasteiger partial charge < -0.3 is 5.32 Å². The van der Waals surface area contributed by atoms with Gasteiger partial charge in [0.2, 0.25) is 5.91 Å². The van der Waals surface area contributed by atoms with Gasteiger partial charge in [0.15, 0.2) is 0 Å². The molecule has 1 aromatic carbocycles. The number of carbonyl (C=O) groups is 1. The minimum Gasteiger partial charge on any atom is -0.326 e. The van der Waals surface area contributed by atoms with Crippen molar-refractivity contribution >= 4 is 11.6 Å². The lowest BCUT2D eigenvalue weighted by molar-refractivity contribution is -0.114. The minimum atomic E-state index is 0.00331. The van der Waals surface area contributed by atoms with E-state index in [1.807, 2.05) is 6.07 Å². The van der Waals surface area contributed by atoms with E-state index >= 15 is 0 Å². The first-order valence-corrected chi connectivity index (χ1v) is 5.65. The Balaban J connectivity index is 2.23. The number of benzene rings is 1. The molecule has 15 heavy (non-hydrogen) atoms. The molecule has 0 unspecified atom stereocenters. The molecule has 0 bridgehead atoms. The fourth-order valence-electron chi connectivity index (χ4n) is 2.19. The van der Waals surface area contributed by atoms with Crippen molar-refractivity contribution in [2.45, 2.75) is 39.0 Å². The summed E-state index contributed by atoms with van der Waals surface area (Å²) >= 11 is 0. The molecule has 0 aromatic heterocycles. The maximum atomic E-state index is 10.9. The number of carbonyl (C=O) groups excluding carboxylic acids is 1. The first-order valence-electron chi connectivity index (χ1n) is 5.65. The fraction of sp³-hybridized carbons (Fsp3) is 0.462. The monoisotopic (exact) mass is 203 g/mol. The van der Waals surface area contributed by atoms with Crippen molar-refractivity contribution in [3.05, 3.63) is 29.3 Å². The second-order valence-electron chi connectivity index (χ2n) is 4.23. The molecule has 1 aliphatic carbocycles. The van der Waals surface area contributed by atoms with Crippen molar-refractivity contribution in [1.29, 1.82) is 0 Å². The summed E-state index contributed by atoms with van der Waals surface area (Å²) in [6.07, 6.45) is 6.24. The molecule has 1 aliphatic rings. The van der Waals surface area contributed by atoms with E-state index in [1.54, 1.807) is 6.92 Å². The van der Waals surface area contributed by atoms with Gasteiger partial charge in [-0.15, -0.1) is 0 Å². The van der Waals surface area contributed by atoms with Crippen molar-refractivity contribution < 1.29 is 4.79 Å². The highest BCUT2D eigenvalue weighted by Gasteiger charge is 2.08. The van der Waals surface area contributed by atoms with Crippen molar-refractivity contribution in [3.8, 4) is 0 Å². The van der Waals surface area contributed by atoms with E-state index in [2.05, 4.69) is 17.4 Å². The topological polar surface area (TPSA) is 29.1 Å². The van der Waals surface area contributed by atoms with Crippen molar-refractivity contribution in [1.82, 2.24) is 0 Å². The number of aryl methyl sites for hydroxylation is 2. The molecular formula is C13H17NO. The van der Waals surface area contributed by atoms with E-state index in [-0.39, 0.29) is 5.91 Å². The van der Waals surface area contributed by atoms with Gasteiger partial charge in [0.25, 0.3) is 0 Å². The molecule has 2 rings (SSSR count). The van der Waals surface area contributed by atoms with Crippen LogP contribution in [0.4, 0.5) is 5.69 Å². The van der Waals surface area contributed by atoms with Gasteiger partial charge in [-0.25, -0.2) is 0 Å². The summed E-state index contributed by atoms with van der Waals surface area (Å²) < 4.78 is 0. The van der Waals surface area contributed by atoms with Crippen molar-refractivity contribution in [2.75, 3.05) is 5.32 Å². The van der Waals surface area contributed by atoms with Crippen LogP contribution < -0.4 is 5.32 Å². The number of hydrogen-bond acceptors (Lipinski definition) is 1. The van der Waals surface area contributed by atoms with Crippen molar-refractivity contribution in [2.24, 2.45) is 0 Å². The minimum absolute atomic E-state index is 0.00331. The van der Waals surface area contributed by atoms with E-state index in [9.17, 15) is 4.79 Å². The van der Waals surface area contributed by atoms with E-state index in [0.717, 1.165) is 12.1 Å². The predicted molar refractivity (Wildman–Crippen MR) is 62.0 cm³/mol. The van der Waals surface area contributed by atoms with Gasteiger partial charge in [0.05, 0.1) is 0 Å². The Morgan fingerprint density at radius 2 is 1.87 bits per heavy atom. The standard InChI is InChI=1S/C13H17NO/c1-10(15)14-13-8-7-11-5-3-2-4-6-12(11)9-13/h7-9H,2-6H2,1H3,(H,14,15). The molecular weight excluding hydrogens is 186 g/mol. The van der Waals surface area contributed by atoms with E-state index in [1.165, 1.54) is 36.8 Å². The van der Waals surface area contributed by atoms with Crippen LogP contribution in [-0.2, 0) is 17.6 Å². The van der Waals surface area contributed by atoms with Gasteiger partial charge in [-0.2, -0.15) is 0 Å². The summed E-state index contributed by atoms with van der Waals surface area (Å²) in [7, 11) is 0. The number of rotatable bonds is 1. The summed E-state index contributed by atoms with van der Waals surface area (Å²) in [6, 6.07) is 6.29. The SMILES string of the molecule is CC(=O)Nc1ccc2c(c1)CCCCC2. The second kappa shape index (κ2) is 4.47. The Bertz CT molecular complexity index is 371. The van der Waals surface area contributed by atoms with Crippen molar-refractivity contribution in [3.63, 3.8) is 0 Å². The summed E-state index contributed by atoms with van der Waals surface area (Å²) in [5.74, 6) is 0.00331. The number of nitrogens with one attached hydrogen (secondary N) is 1. The van der Waals surface area contributed by atoms with Gasteiger partial charge in [-0.1, -0.05) is 12.5 Å². The van der Waals surface area contributed by atoms with Gasteiger partial charge in [-0.05, 0) is 48.9 Å². The van der Waals surface area contributed by atoms with E-state index in [0.29, 0.717) is 0 Å². The highest BCUT2D eigenvalue weighted by Crippen LogP contribution is 2.23. The molecule has 0 saturated heterocycles. The molecule has 0 heterocycles. The normalized spacial score (nSPS) is 15.3. The summed E-state index contributed by atoms with van der Waals surface area (Å²) in [5.41, 5.74) is 3.81. The average Bonchev–Trinajstić information content (AvgIpc) is 2.41. The zero-order chi connectivity index (χ0) is 10.7. The van der Waals surface area contributed by atoms with Gasteiger partial charge in [0, 0.05) is 12.6 Å². The lowest BCUT2D eigenvalue weighted by atomic mass is 10.0. The Kier molecular flexibility index (Phi) is 3.05. The molecule has 0 radical (unpaired) electrons. The third kappa shape index (κ3) is 2.58. The summed E-state index contributed by atoms with van der Waals surface area (Å²) in [4.78, 5) is 10.9. The van der Waals surface area contributed by atoms with Crippen LogP contribution in [-0.4, -0.2) is 5.91 Å². The van der Waals surface area contributed by atoms with E-state index < -0.39 is 0 Å². The Morgan fingerprint density at radius 1 is 1.13 bits per heavy atom. The molecule has 0 fully saturated rings. The molecule has 0 saturated carbocycles. The molecule has 1 aromatic rings. The maximum absolute atomic E-state index is 10.9. The molecule has 0 aliphatic heterocycles. The van der Waals surface area contributed by atoms with Crippen LogP contribution in [0.3, 0.4) is 0 Å².